The number of pyridine rings is 1. The molecular weight excluding hydrogens is 302 g/mol. The van der Waals surface area contributed by atoms with Gasteiger partial charge in [0.1, 0.15) is 5.82 Å². The van der Waals surface area contributed by atoms with Gasteiger partial charge in [0.25, 0.3) is 0 Å². The molecule has 0 saturated carbocycles. The predicted octanol–water partition coefficient (Wildman–Crippen LogP) is 1.54. The van der Waals surface area contributed by atoms with Crippen molar-refractivity contribution in [1.82, 2.24) is 19.7 Å². The van der Waals surface area contributed by atoms with Crippen molar-refractivity contribution in [3.05, 3.63) is 42.4 Å². The second kappa shape index (κ2) is 6.53. The SMILES string of the molecule is Cn1cc(CN2CCOCC3(CCN(c4ccccn4)C3)C2)cn1. The average molecular weight is 327 g/mol. The van der Waals surface area contributed by atoms with Crippen LogP contribution in [0, 0.1) is 5.41 Å². The minimum absolute atomic E-state index is 0.205. The molecule has 0 bridgehead atoms. The van der Waals surface area contributed by atoms with Crippen molar-refractivity contribution in [2.45, 2.75) is 13.0 Å². The highest BCUT2D eigenvalue weighted by Crippen LogP contribution is 2.35. The average Bonchev–Trinajstić information content (AvgIpc) is 3.13. The molecule has 128 valence electrons. The van der Waals surface area contributed by atoms with Crippen LogP contribution in [0.3, 0.4) is 0 Å². The Morgan fingerprint density at radius 3 is 3.00 bits per heavy atom. The largest absolute Gasteiger partial charge is 0.379 e. The standard InChI is InChI=1S/C18H25N5O/c1-21-11-16(10-20-21)12-22-8-9-24-15-18(13-22)5-7-23(14-18)17-4-2-3-6-19-17/h2-4,6,10-11H,5,7-9,12-15H2,1H3. The molecule has 4 heterocycles. The number of aryl methyl sites for hydroxylation is 1. The van der Waals surface area contributed by atoms with Crippen molar-refractivity contribution in [2.75, 3.05) is 44.3 Å². The molecule has 2 aliphatic heterocycles. The fourth-order valence-corrected chi connectivity index (χ4v) is 3.95. The number of rotatable bonds is 3. The van der Waals surface area contributed by atoms with Crippen LogP contribution in [0.1, 0.15) is 12.0 Å². The first kappa shape index (κ1) is 15.6. The third-order valence-corrected chi connectivity index (χ3v) is 5.10. The highest BCUT2D eigenvalue weighted by molar-refractivity contribution is 5.40. The molecular formula is C18H25N5O. The van der Waals surface area contributed by atoms with E-state index in [4.69, 9.17) is 4.74 Å². The van der Waals surface area contributed by atoms with E-state index in [1.54, 1.807) is 0 Å². The molecule has 0 radical (unpaired) electrons. The van der Waals surface area contributed by atoms with E-state index < -0.39 is 0 Å². The quantitative estimate of drug-likeness (QED) is 0.856. The lowest BCUT2D eigenvalue weighted by Gasteiger charge is -2.31. The molecule has 2 aromatic rings. The molecule has 1 atom stereocenters. The van der Waals surface area contributed by atoms with Crippen LogP contribution in [0.5, 0.6) is 0 Å². The Bertz CT molecular complexity index is 673. The van der Waals surface area contributed by atoms with Gasteiger partial charge in [-0.2, -0.15) is 5.10 Å². The lowest BCUT2D eigenvalue weighted by molar-refractivity contribution is 0.0798. The first-order valence-corrected chi connectivity index (χ1v) is 8.66. The van der Waals surface area contributed by atoms with Crippen LogP contribution >= 0.6 is 0 Å². The van der Waals surface area contributed by atoms with Gasteiger partial charge in [0.15, 0.2) is 0 Å². The Morgan fingerprint density at radius 1 is 1.25 bits per heavy atom. The molecule has 4 rings (SSSR count). The van der Waals surface area contributed by atoms with Crippen LogP contribution in [-0.4, -0.2) is 59.1 Å². The maximum atomic E-state index is 5.98. The summed E-state index contributed by atoms with van der Waals surface area (Å²) in [6.07, 6.45) is 7.10. The molecule has 24 heavy (non-hydrogen) atoms. The fraction of sp³-hybridized carbons (Fsp3) is 0.556. The van der Waals surface area contributed by atoms with E-state index >= 15 is 0 Å². The zero-order valence-corrected chi connectivity index (χ0v) is 14.3. The van der Waals surface area contributed by atoms with Crippen molar-refractivity contribution in [2.24, 2.45) is 12.5 Å². The summed E-state index contributed by atoms with van der Waals surface area (Å²) in [5.74, 6) is 1.08. The van der Waals surface area contributed by atoms with Crippen molar-refractivity contribution in [3.8, 4) is 0 Å². The Hall–Kier alpha value is -1.92. The summed E-state index contributed by atoms with van der Waals surface area (Å²) in [6.45, 7) is 6.74. The number of anilines is 1. The van der Waals surface area contributed by atoms with Gasteiger partial charge < -0.3 is 9.64 Å². The molecule has 6 nitrogen and oxygen atoms in total. The van der Waals surface area contributed by atoms with E-state index in [-0.39, 0.29) is 5.41 Å². The van der Waals surface area contributed by atoms with E-state index in [0.717, 1.165) is 58.2 Å². The molecule has 2 fully saturated rings. The van der Waals surface area contributed by atoms with Crippen LogP contribution in [-0.2, 0) is 18.3 Å². The van der Waals surface area contributed by atoms with Crippen molar-refractivity contribution in [1.29, 1.82) is 0 Å². The Balaban J connectivity index is 1.46. The van der Waals surface area contributed by atoms with Crippen LogP contribution in [0.4, 0.5) is 5.82 Å². The highest BCUT2D eigenvalue weighted by Gasteiger charge is 2.41. The summed E-state index contributed by atoms with van der Waals surface area (Å²) in [5, 5.41) is 4.29. The molecule has 0 aromatic carbocycles. The number of hydrogen-bond donors (Lipinski definition) is 0. The molecule has 1 unspecified atom stereocenters. The second-order valence-corrected chi connectivity index (χ2v) is 7.14. The van der Waals surface area contributed by atoms with Crippen LogP contribution in [0.15, 0.2) is 36.8 Å². The molecule has 0 amide bonds. The van der Waals surface area contributed by atoms with Crippen LogP contribution in [0.2, 0.25) is 0 Å². The Labute approximate surface area is 143 Å². The normalized spacial score (nSPS) is 25.3. The van der Waals surface area contributed by atoms with Gasteiger partial charge in [0.2, 0.25) is 0 Å². The van der Waals surface area contributed by atoms with Gasteiger partial charge in [-0.1, -0.05) is 6.07 Å². The van der Waals surface area contributed by atoms with E-state index in [1.165, 1.54) is 5.56 Å². The molecule has 2 aliphatic rings. The summed E-state index contributed by atoms with van der Waals surface area (Å²) in [4.78, 5) is 9.43. The zero-order chi connectivity index (χ0) is 16.4. The summed E-state index contributed by atoms with van der Waals surface area (Å²) in [5.41, 5.74) is 1.48. The first-order chi connectivity index (χ1) is 11.7. The van der Waals surface area contributed by atoms with Crippen LogP contribution < -0.4 is 4.90 Å². The molecule has 2 aromatic heterocycles. The van der Waals surface area contributed by atoms with Gasteiger partial charge in [-0.3, -0.25) is 9.58 Å². The van der Waals surface area contributed by atoms with Crippen molar-refractivity contribution >= 4 is 5.82 Å². The van der Waals surface area contributed by atoms with E-state index in [0.29, 0.717) is 0 Å². The van der Waals surface area contributed by atoms with E-state index in [9.17, 15) is 0 Å². The minimum Gasteiger partial charge on any atom is -0.379 e. The molecule has 6 heteroatoms. The molecule has 0 N–H and O–H groups in total. The molecule has 2 saturated heterocycles. The van der Waals surface area contributed by atoms with Gasteiger partial charge in [0.05, 0.1) is 19.4 Å². The monoisotopic (exact) mass is 327 g/mol. The van der Waals surface area contributed by atoms with Gasteiger partial charge in [0, 0.05) is 63.1 Å². The maximum absolute atomic E-state index is 5.98. The predicted molar refractivity (Wildman–Crippen MR) is 92.8 cm³/mol. The zero-order valence-electron chi connectivity index (χ0n) is 14.3. The maximum Gasteiger partial charge on any atom is 0.128 e. The lowest BCUT2D eigenvalue weighted by Crippen LogP contribution is -2.40. The number of hydrogen-bond acceptors (Lipinski definition) is 5. The second-order valence-electron chi connectivity index (χ2n) is 7.14. The summed E-state index contributed by atoms with van der Waals surface area (Å²) in [7, 11) is 1.97. The minimum atomic E-state index is 0.205. The van der Waals surface area contributed by atoms with E-state index in [1.807, 2.05) is 30.2 Å². The van der Waals surface area contributed by atoms with Gasteiger partial charge in [-0.15, -0.1) is 0 Å². The molecule has 1 spiro atoms. The van der Waals surface area contributed by atoms with Gasteiger partial charge in [-0.25, -0.2) is 4.98 Å². The Kier molecular flexibility index (Phi) is 4.24. The summed E-state index contributed by atoms with van der Waals surface area (Å²) in [6, 6.07) is 6.13. The number of ether oxygens (including phenoxy) is 1. The van der Waals surface area contributed by atoms with Crippen LogP contribution in [0.25, 0.3) is 0 Å². The van der Waals surface area contributed by atoms with E-state index in [2.05, 4.69) is 38.2 Å². The number of nitrogens with zero attached hydrogens (tertiary/aromatic N) is 5. The fourth-order valence-electron chi connectivity index (χ4n) is 3.95. The smallest absolute Gasteiger partial charge is 0.128 e. The highest BCUT2D eigenvalue weighted by atomic mass is 16.5. The lowest BCUT2D eigenvalue weighted by atomic mass is 9.87. The van der Waals surface area contributed by atoms with Gasteiger partial charge in [-0.05, 0) is 18.6 Å². The number of aromatic nitrogens is 3. The van der Waals surface area contributed by atoms with Crippen molar-refractivity contribution in [3.63, 3.8) is 0 Å². The third kappa shape index (κ3) is 3.30. The van der Waals surface area contributed by atoms with Gasteiger partial charge >= 0.3 is 0 Å². The Morgan fingerprint density at radius 2 is 2.21 bits per heavy atom. The molecule has 0 aliphatic carbocycles. The topological polar surface area (TPSA) is 46.4 Å². The van der Waals surface area contributed by atoms with Crippen molar-refractivity contribution < 1.29 is 4.74 Å². The first-order valence-electron chi connectivity index (χ1n) is 8.66. The summed E-state index contributed by atoms with van der Waals surface area (Å²) >= 11 is 0. The third-order valence-electron chi connectivity index (χ3n) is 5.10. The summed E-state index contributed by atoms with van der Waals surface area (Å²) < 4.78 is 7.85.